The zero-order valence-corrected chi connectivity index (χ0v) is 10.9. The minimum Gasteiger partial charge on any atom is -0.464 e. The van der Waals surface area contributed by atoms with Crippen molar-refractivity contribution in [2.75, 3.05) is 20.2 Å². The lowest BCUT2D eigenvalue weighted by atomic mass is 9.97. The van der Waals surface area contributed by atoms with Gasteiger partial charge in [0.25, 0.3) is 0 Å². The van der Waals surface area contributed by atoms with Crippen molar-refractivity contribution in [2.24, 2.45) is 0 Å². The number of carbonyl (C=O) groups is 1. The average molecular weight is 259 g/mol. The largest absolute Gasteiger partial charge is 0.464 e. The number of hydrogen-bond acceptors (Lipinski definition) is 4. The predicted molar refractivity (Wildman–Crippen MR) is 71.4 cm³/mol. The van der Waals surface area contributed by atoms with E-state index in [2.05, 4.69) is 10.3 Å². The van der Waals surface area contributed by atoms with E-state index in [1.165, 1.54) is 7.11 Å². The Morgan fingerprint density at radius 2 is 2.21 bits per heavy atom. The van der Waals surface area contributed by atoms with Gasteiger partial charge < -0.3 is 10.1 Å². The van der Waals surface area contributed by atoms with Crippen LogP contribution in [0.25, 0.3) is 5.52 Å². The maximum Gasteiger partial charge on any atom is 0.355 e. The molecule has 0 amide bonds. The Labute approximate surface area is 111 Å². The van der Waals surface area contributed by atoms with Crippen LogP contribution in [0.4, 0.5) is 0 Å². The number of piperidine rings is 1. The van der Waals surface area contributed by atoms with Gasteiger partial charge in [0.15, 0.2) is 0 Å². The van der Waals surface area contributed by atoms with Gasteiger partial charge in [0.2, 0.25) is 0 Å². The monoisotopic (exact) mass is 259 g/mol. The van der Waals surface area contributed by atoms with Gasteiger partial charge in [0.05, 0.1) is 18.8 Å². The van der Waals surface area contributed by atoms with E-state index in [0.29, 0.717) is 11.6 Å². The van der Waals surface area contributed by atoms with Crippen molar-refractivity contribution in [3.05, 3.63) is 35.9 Å². The Kier molecular flexibility index (Phi) is 3.21. The number of methoxy groups -OCH3 is 1. The number of aromatic nitrogens is 2. The fraction of sp³-hybridized carbons (Fsp3) is 0.429. The standard InChI is InChI=1S/C14H17N3O2/c1-19-14(18)12-4-2-3-11-9-16-13(17(11)12)10-5-7-15-8-6-10/h2-4,9-10,15H,5-8H2,1H3. The molecule has 0 radical (unpaired) electrons. The van der Waals surface area contributed by atoms with Crippen LogP contribution >= 0.6 is 0 Å². The van der Waals surface area contributed by atoms with Gasteiger partial charge in [-0.3, -0.25) is 4.40 Å². The fourth-order valence-electron chi connectivity index (χ4n) is 2.70. The van der Waals surface area contributed by atoms with Crippen molar-refractivity contribution in [1.29, 1.82) is 0 Å². The third kappa shape index (κ3) is 2.10. The minimum absolute atomic E-state index is 0.321. The maximum atomic E-state index is 11.9. The van der Waals surface area contributed by atoms with E-state index in [4.69, 9.17) is 4.74 Å². The quantitative estimate of drug-likeness (QED) is 0.832. The van der Waals surface area contributed by atoms with Crippen LogP contribution < -0.4 is 5.32 Å². The summed E-state index contributed by atoms with van der Waals surface area (Å²) in [7, 11) is 1.41. The third-order valence-electron chi connectivity index (χ3n) is 3.68. The molecule has 2 aromatic rings. The van der Waals surface area contributed by atoms with Gasteiger partial charge in [0.1, 0.15) is 11.5 Å². The molecule has 19 heavy (non-hydrogen) atoms. The molecule has 0 saturated carbocycles. The van der Waals surface area contributed by atoms with E-state index in [1.54, 1.807) is 6.07 Å². The summed E-state index contributed by atoms with van der Waals surface area (Å²) in [6.07, 6.45) is 3.92. The molecular formula is C14H17N3O2. The summed E-state index contributed by atoms with van der Waals surface area (Å²) in [5.41, 5.74) is 1.49. The fourth-order valence-corrected chi connectivity index (χ4v) is 2.70. The van der Waals surface area contributed by atoms with E-state index in [0.717, 1.165) is 37.3 Å². The molecule has 0 aromatic carbocycles. The smallest absolute Gasteiger partial charge is 0.355 e. The Bertz CT molecular complexity index is 600. The van der Waals surface area contributed by atoms with Crippen molar-refractivity contribution < 1.29 is 9.53 Å². The van der Waals surface area contributed by atoms with Gasteiger partial charge in [-0.1, -0.05) is 6.07 Å². The summed E-state index contributed by atoms with van der Waals surface area (Å²) in [6.45, 7) is 2.00. The van der Waals surface area contributed by atoms with Crippen molar-refractivity contribution >= 4 is 11.5 Å². The minimum atomic E-state index is -0.321. The van der Waals surface area contributed by atoms with E-state index in [9.17, 15) is 4.79 Å². The van der Waals surface area contributed by atoms with Gasteiger partial charge in [-0.15, -0.1) is 0 Å². The highest BCUT2D eigenvalue weighted by Crippen LogP contribution is 2.26. The zero-order chi connectivity index (χ0) is 13.2. The van der Waals surface area contributed by atoms with Gasteiger partial charge in [-0.2, -0.15) is 0 Å². The molecular weight excluding hydrogens is 242 g/mol. The number of pyridine rings is 1. The van der Waals surface area contributed by atoms with Gasteiger partial charge in [-0.05, 0) is 38.1 Å². The number of ether oxygens (including phenoxy) is 1. The summed E-state index contributed by atoms with van der Waals surface area (Å²) in [5, 5.41) is 3.34. The molecule has 1 aliphatic heterocycles. The van der Waals surface area contributed by atoms with Crippen LogP contribution in [0, 0.1) is 0 Å². The first-order valence-electron chi connectivity index (χ1n) is 6.56. The number of carbonyl (C=O) groups excluding carboxylic acids is 1. The summed E-state index contributed by atoms with van der Waals surface area (Å²) in [5.74, 6) is 1.05. The van der Waals surface area contributed by atoms with Gasteiger partial charge >= 0.3 is 5.97 Å². The first kappa shape index (κ1) is 12.2. The second-order valence-corrected chi connectivity index (χ2v) is 4.80. The lowest BCUT2D eigenvalue weighted by molar-refractivity contribution is 0.0591. The average Bonchev–Trinajstić information content (AvgIpc) is 2.91. The van der Waals surface area contributed by atoms with E-state index in [-0.39, 0.29) is 5.97 Å². The SMILES string of the molecule is COC(=O)c1cccc2cnc(C3CCNCC3)n12. The van der Waals surface area contributed by atoms with E-state index in [1.807, 2.05) is 22.7 Å². The van der Waals surface area contributed by atoms with Crippen LogP contribution in [-0.4, -0.2) is 35.6 Å². The number of nitrogens with zero attached hydrogens (tertiary/aromatic N) is 2. The molecule has 5 nitrogen and oxygen atoms in total. The molecule has 3 rings (SSSR count). The van der Waals surface area contributed by atoms with Crippen molar-refractivity contribution in [3.63, 3.8) is 0 Å². The van der Waals surface area contributed by atoms with Crippen molar-refractivity contribution in [2.45, 2.75) is 18.8 Å². The summed E-state index contributed by atoms with van der Waals surface area (Å²) in [4.78, 5) is 16.4. The van der Waals surface area contributed by atoms with Crippen LogP contribution in [0.1, 0.15) is 35.1 Å². The molecule has 0 bridgehead atoms. The van der Waals surface area contributed by atoms with Crippen LogP contribution in [0.5, 0.6) is 0 Å². The molecule has 100 valence electrons. The highest BCUT2D eigenvalue weighted by Gasteiger charge is 2.22. The summed E-state index contributed by atoms with van der Waals surface area (Å²) in [6, 6.07) is 5.60. The first-order valence-corrected chi connectivity index (χ1v) is 6.56. The second kappa shape index (κ2) is 5.01. The second-order valence-electron chi connectivity index (χ2n) is 4.80. The number of imidazole rings is 1. The Balaban J connectivity index is 2.11. The highest BCUT2D eigenvalue weighted by atomic mass is 16.5. The van der Waals surface area contributed by atoms with Crippen molar-refractivity contribution in [3.8, 4) is 0 Å². The van der Waals surface area contributed by atoms with Crippen molar-refractivity contribution in [1.82, 2.24) is 14.7 Å². The van der Waals surface area contributed by atoms with E-state index < -0.39 is 0 Å². The molecule has 1 aliphatic rings. The van der Waals surface area contributed by atoms with Crippen LogP contribution in [-0.2, 0) is 4.74 Å². The number of fused-ring (bicyclic) bond motifs is 1. The first-order chi connectivity index (χ1) is 9.31. The number of hydrogen-bond donors (Lipinski definition) is 1. The Morgan fingerprint density at radius 1 is 1.42 bits per heavy atom. The predicted octanol–water partition coefficient (Wildman–Crippen LogP) is 1.59. The highest BCUT2D eigenvalue weighted by molar-refractivity contribution is 5.88. The topological polar surface area (TPSA) is 55.6 Å². The number of nitrogens with one attached hydrogen (secondary N) is 1. The Morgan fingerprint density at radius 3 is 2.95 bits per heavy atom. The number of esters is 1. The Hall–Kier alpha value is -1.88. The number of rotatable bonds is 2. The zero-order valence-electron chi connectivity index (χ0n) is 10.9. The summed E-state index contributed by atoms with van der Waals surface area (Å²) < 4.78 is 6.79. The third-order valence-corrected chi connectivity index (χ3v) is 3.68. The van der Waals surface area contributed by atoms with Gasteiger partial charge in [-0.25, -0.2) is 9.78 Å². The van der Waals surface area contributed by atoms with Crippen LogP contribution in [0.3, 0.4) is 0 Å². The molecule has 1 saturated heterocycles. The van der Waals surface area contributed by atoms with Gasteiger partial charge in [0, 0.05) is 5.92 Å². The molecule has 1 fully saturated rings. The maximum absolute atomic E-state index is 11.9. The molecule has 3 heterocycles. The lowest BCUT2D eigenvalue weighted by Crippen LogP contribution is -2.28. The van der Waals surface area contributed by atoms with Crippen LogP contribution in [0.15, 0.2) is 24.4 Å². The van der Waals surface area contributed by atoms with Crippen LogP contribution in [0.2, 0.25) is 0 Å². The molecule has 2 aromatic heterocycles. The van der Waals surface area contributed by atoms with E-state index >= 15 is 0 Å². The molecule has 5 heteroatoms. The molecule has 0 spiro atoms. The summed E-state index contributed by atoms with van der Waals surface area (Å²) >= 11 is 0. The molecule has 1 N–H and O–H groups in total. The lowest BCUT2D eigenvalue weighted by Gasteiger charge is -2.22. The normalized spacial score (nSPS) is 16.7. The molecule has 0 aliphatic carbocycles. The molecule has 0 unspecified atom stereocenters. The molecule has 0 atom stereocenters.